The molecule has 2 aromatic heterocycles. The quantitative estimate of drug-likeness (QED) is 0.874. The monoisotopic (exact) mass is 280 g/mol. The van der Waals surface area contributed by atoms with Gasteiger partial charge in [-0.25, -0.2) is 4.98 Å². The lowest BCUT2D eigenvalue weighted by Crippen LogP contribution is -2.24. The Morgan fingerprint density at radius 1 is 1.58 bits per heavy atom. The zero-order valence-corrected chi connectivity index (χ0v) is 11.6. The minimum Gasteiger partial charge on any atom is -0.392 e. The molecule has 1 N–H and O–H groups in total. The average molecular weight is 280 g/mol. The molecule has 3 rings (SSSR count). The third-order valence-electron chi connectivity index (χ3n) is 3.28. The minimum atomic E-state index is -0.250. The predicted octanol–water partition coefficient (Wildman–Crippen LogP) is 0.280. The molecular formula is C12H16N4O2S. The first-order chi connectivity index (χ1) is 9.15. The smallest absolute Gasteiger partial charge is 0.275 e. The maximum absolute atomic E-state index is 12.0. The number of fused-ring (bicyclic) bond motifs is 1. The molecule has 1 atom stereocenters. The molecule has 7 heteroatoms. The molecule has 102 valence electrons. The normalized spacial score (nSPS) is 20.4. The number of β-amino-alcohol motifs (C(OH)–C–C–N with tert-alkyl or cyclic N) is 1. The van der Waals surface area contributed by atoms with Crippen molar-refractivity contribution in [2.75, 3.05) is 13.1 Å². The van der Waals surface area contributed by atoms with E-state index in [0.717, 1.165) is 30.1 Å². The number of nitrogens with zero attached hydrogens (tertiary/aromatic N) is 4. The summed E-state index contributed by atoms with van der Waals surface area (Å²) >= 11 is 1.46. The van der Waals surface area contributed by atoms with Crippen LogP contribution in [-0.2, 0) is 13.0 Å². The minimum absolute atomic E-state index is 0.129. The Kier molecular flexibility index (Phi) is 3.34. The summed E-state index contributed by atoms with van der Waals surface area (Å²) in [5, 5.41) is 14.6. The largest absolute Gasteiger partial charge is 0.392 e. The molecule has 1 aliphatic heterocycles. The Morgan fingerprint density at radius 3 is 3.11 bits per heavy atom. The van der Waals surface area contributed by atoms with E-state index in [4.69, 9.17) is 0 Å². The van der Waals surface area contributed by atoms with Crippen molar-refractivity contribution in [1.29, 1.82) is 0 Å². The number of aliphatic hydroxyl groups is 1. The van der Waals surface area contributed by atoms with E-state index in [0.29, 0.717) is 18.1 Å². The number of hydrogen-bond acceptors (Lipinski definition) is 6. The number of likely N-dealkylation sites (tertiary alicyclic amines) is 1. The fourth-order valence-corrected chi connectivity index (χ4v) is 3.16. The summed E-state index contributed by atoms with van der Waals surface area (Å²) in [6.45, 7) is 4.13. The highest BCUT2D eigenvalue weighted by molar-refractivity contribution is 7.16. The van der Waals surface area contributed by atoms with E-state index in [9.17, 15) is 9.90 Å². The number of aryl methyl sites for hydroxylation is 1. The van der Waals surface area contributed by atoms with Gasteiger partial charge in [0, 0.05) is 25.7 Å². The molecule has 1 fully saturated rings. The summed E-state index contributed by atoms with van der Waals surface area (Å²) in [4.78, 5) is 19.2. The van der Waals surface area contributed by atoms with E-state index >= 15 is 0 Å². The molecule has 0 saturated carbocycles. The molecule has 0 unspecified atom stereocenters. The Labute approximate surface area is 114 Å². The number of rotatable bonds is 3. The highest BCUT2D eigenvalue weighted by Crippen LogP contribution is 2.14. The maximum atomic E-state index is 12.0. The van der Waals surface area contributed by atoms with E-state index < -0.39 is 0 Å². The van der Waals surface area contributed by atoms with Gasteiger partial charge >= 0.3 is 0 Å². The Bertz CT molecular complexity index is 651. The Hall–Kier alpha value is -1.31. The van der Waals surface area contributed by atoms with Crippen LogP contribution in [0.1, 0.15) is 24.0 Å². The summed E-state index contributed by atoms with van der Waals surface area (Å²) in [6.07, 6.45) is 1.35. The van der Waals surface area contributed by atoms with Crippen LogP contribution in [0, 0.1) is 0 Å². The maximum Gasteiger partial charge on any atom is 0.275 e. The molecule has 2 aromatic rings. The van der Waals surface area contributed by atoms with Gasteiger partial charge in [0.1, 0.15) is 5.01 Å². The Morgan fingerprint density at radius 2 is 2.42 bits per heavy atom. The molecule has 0 amide bonds. The van der Waals surface area contributed by atoms with Crippen LogP contribution in [-0.4, -0.2) is 43.8 Å². The van der Waals surface area contributed by atoms with Crippen LogP contribution < -0.4 is 5.56 Å². The Balaban J connectivity index is 1.90. The fraction of sp³-hybridized carbons (Fsp3) is 0.583. The second kappa shape index (κ2) is 4.99. The molecule has 0 spiro atoms. The highest BCUT2D eigenvalue weighted by Gasteiger charge is 2.21. The van der Waals surface area contributed by atoms with Crippen molar-refractivity contribution in [3.8, 4) is 0 Å². The fourth-order valence-electron chi connectivity index (χ4n) is 2.30. The lowest BCUT2D eigenvalue weighted by atomic mass is 10.3. The van der Waals surface area contributed by atoms with Gasteiger partial charge in [-0.3, -0.25) is 9.69 Å². The molecule has 1 saturated heterocycles. The first-order valence-corrected chi connectivity index (χ1v) is 7.26. The van der Waals surface area contributed by atoms with Gasteiger partial charge in [0.25, 0.3) is 5.56 Å². The van der Waals surface area contributed by atoms with Gasteiger partial charge in [0.2, 0.25) is 4.96 Å². The van der Waals surface area contributed by atoms with Crippen LogP contribution in [0.5, 0.6) is 0 Å². The summed E-state index contributed by atoms with van der Waals surface area (Å²) in [5.41, 5.74) is 0.626. The molecule has 19 heavy (non-hydrogen) atoms. The summed E-state index contributed by atoms with van der Waals surface area (Å²) in [7, 11) is 0. The van der Waals surface area contributed by atoms with Gasteiger partial charge in [0.05, 0.1) is 11.8 Å². The summed E-state index contributed by atoms with van der Waals surface area (Å²) in [6, 6.07) is 1.54. The van der Waals surface area contributed by atoms with Crippen molar-refractivity contribution < 1.29 is 5.11 Å². The van der Waals surface area contributed by atoms with Crippen LogP contribution in [0.25, 0.3) is 4.96 Å². The van der Waals surface area contributed by atoms with Gasteiger partial charge in [-0.15, -0.1) is 0 Å². The third kappa shape index (κ3) is 2.54. The van der Waals surface area contributed by atoms with Crippen molar-refractivity contribution in [2.45, 2.75) is 32.4 Å². The van der Waals surface area contributed by atoms with E-state index in [1.807, 2.05) is 6.92 Å². The first-order valence-electron chi connectivity index (χ1n) is 6.45. The van der Waals surface area contributed by atoms with Gasteiger partial charge < -0.3 is 5.11 Å². The second-order valence-electron chi connectivity index (χ2n) is 4.81. The van der Waals surface area contributed by atoms with Gasteiger partial charge in [-0.05, 0) is 12.8 Å². The number of aliphatic hydroxyl groups excluding tert-OH is 1. The van der Waals surface area contributed by atoms with Crippen LogP contribution in [0.15, 0.2) is 10.9 Å². The van der Waals surface area contributed by atoms with Crippen molar-refractivity contribution in [1.82, 2.24) is 19.5 Å². The third-order valence-corrected chi connectivity index (χ3v) is 4.33. The van der Waals surface area contributed by atoms with Crippen LogP contribution in [0.3, 0.4) is 0 Å². The number of aromatic nitrogens is 3. The molecule has 0 aromatic carbocycles. The standard InChI is InChI=1S/C12H16N4O2S/c1-2-10-14-16-11(18)5-8(13-12(16)19-10)6-15-4-3-9(17)7-15/h5,9,17H,2-4,6-7H2,1H3/t9-/m0/s1. The summed E-state index contributed by atoms with van der Waals surface area (Å²) < 4.78 is 1.37. The van der Waals surface area contributed by atoms with Crippen LogP contribution in [0.2, 0.25) is 0 Å². The molecule has 0 aliphatic carbocycles. The van der Waals surface area contributed by atoms with E-state index in [2.05, 4.69) is 15.0 Å². The lowest BCUT2D eigenvalue weighted by molar-refractivity contribution is 0.174. The van der Waals surface area contributed by atoms with Crippen molar-refractivity contribution in [3.63, 3.8) is 0 Å². The first kappa shape index (κ1) is 12.7. The van der Waals surface area contributed by atoms with Crippen LogP contribution in [0.4, 0.5) is 0 Å². The lowest BCUT2D eigenvalue weighted by Gasteiger charge is -2.13. The van der Waals surface area contributed by atoms with E-state index in [1.54, 1.807) is 0 Å². The highest BCUT2D eigenvalue weighted by atomic mass is 32.1. The van der Waals surface area contributed by atoms with Crippen molar-refractivity contribution in [3.05, 3.63) is 27.1 Å². The second-order valence-corrected chi connectivity index (χ2v) is 5.85. The van der Waals surface area contributed by atoms with Crippen molar-refractivity contribution in [2.24, 2.45) is 0 Å². The zero-order chi connectivity index (χ0) is 13.4. The zero-order valence-electron chi connectivity index (χ0n) is 10.7. The average Bonchev–Trinajstić information content (AvgIpc) is 2.96. The molecule has 3 heterocycles. The molecule has 0 radical (unpaired) electrons. The number of hydrogen-bond donors (Lipinski definition) is 1. The summed E-state index contributed by atoms with van der Waals surface area (Å²) in [5.74, 6) is 0. The van der Waals surface area contributed by atoms with E-state index in [-0.39, 0.29) is 11.7 Å². The molecule has 1 aliphatic rings. The van der Waals surface area contributed by atoms with Crippen molar-refractivity contribution >= 4 is 16.3 Å². The van der Waals surface area contributed by atoms with Gasteiger partial charge in [0.15, 0.2) is 0 Å². The molecule has 6 nitrogen and oxygen atoms in total. The predicted molar refractivity (Wildman–Crippen MR) is 72.4 cm³/mol. The SMILES string of the molecule is CCc1nn2c(=O)cc(CN3CC[C@H](O)C3)nc2s1. The van der Waals surface area contributed by atoms with Gasteiger partial charge in [-0.2, -0.15) is 9.61 Å². The van der Waals surface area contributed by atoms with E-state index in [1.165, 1.54) is 21.9 Å². The topological polar surface area (TPSA) is 70.7 Å². The van der Waals surface area contributed by atoms with Gasteiger partial charge in [-0.1, -0.05) is 18.3 Å². The van der Waals surface area contributed by atoms with Crippen LogP contribution >= 0.6 is 11.3 Å². The molecule has 0 bridgehead atoms. The molecular weight excluding hydrogens is 264 g/mol.